The first-order valence-electron chi connectivity index (χ1n) is 8.48. The van der Waals surface area contributed by atoms with Crippen LogP contribution in [0.1, 0.15) is 46.1 Å². The number of likely N-dealkylation sites (tertiary alicyclic amines) is 1. The van der Waals surface area contributed by atoms with E-state index in [0.29, 0.717) is 12.8 Å². The van der Waals surface area contributed by atoms with E-state index >= 15 is 0 Å². The van der Waals surface area contributed by atoms with Gasteiger partial charge < -0.3 is 9.47 Å². The Morgan fingerprint density at radius 2 is 2.04 bits per heavy atom. The number of carbonyl (C=O) groups excluding carboxylic acids is 2. The molecule has 6 nitrogen and oxygen atoms in total. The lowest BCUT2D eigenvalue weighted by Crippen LogP contribution is -2.48. The number of amides is 1. The highest BCUT2D eigenvalue weighted by Gasteiger charge is 2.43. The number of ether oxygens (including phenoxy) is 2. The smallest absolute Gasteiger partial charge is 0.411 e. The van der Waals surface area contributed by atoms with Crippen molar-refractivity contribution in [2.24, 2.45) is 0 Å². The summed E-state index contributed by atoms with van der Waals surface area (Å²) in [6.07, 6.45) is 4.91. The molecule has 0 N–H and O–H groups in total. The molecule has 0 spiro atoms. The summed E-state index contributed by atoms with van der Waals surface area (Å²) < 4.78 is 11.6. The van der Waals surface area contributed by atoms with Gasteiger partial charge in [-0.2, -0.15) is 0 Å². The van der Waals surface area contributed by atoms with Crippen molar-refractivity contribution >= 4 is 28.0 Å². The standard InChI is InChI=1S/C18H25BrN2O4/c1-5-24-16(22)15-7-6-14(9-12-8-13(19)11-20-10-12)21(15)17(23)25-18(2,3)4/h8,10-11,14-15H,5-7,9H2,1-4H3. The second-order valence-corrected chi connectivity index (χ2v) is 8.02. The predicted molar refractivity (Wildman–Crippen MR) is 97.2 cm³/mol. The maximum atomic E-state index is 12.7. The van der Waals surface area contributed by atoms with Gasteiger partial charge in [-0.15, -0.1) is 0 Å². The van der Waals surface area contributed by atoms with Gasteiger partial charge in [0.15, 0.2) is 0 Å². The summed E-state index contributed by atoms with van der Waals surface area (Å²) in [5.41, 5.74) is 0.373. The molecule has 25 heavy (non-hydrogen) atoms. The Hall–Kier alpha value is -1.63. The van der Waals surface area contributed by atoms with Gasteiger partial charge in [0.2, 0.25) is 0 Å². The first-order valence-corrected chi connectivity index (χ1v) is 9.28. The van der Waals surface area contributed by atoms with Crippen LogP contribution >= 0.6 is 15.9 Å². The number of pyridine rings is 1. The molecule has 2 rings (SSSR count). The van der Waals surface area contributed by atoms with E-state index in [1.165, 1.54) is 0 Å². The molecule has 1 fully saturated rings. The summed E-state index contributed by atoms with van der Waals surface area (Å²) in [6.45, 7) is 7.49. The van der Waals surface area contributed by atoms with Crippen molar-refractivity contribution in [3.8, 4) is 0 Å². The number of esters is 1. The van der Waals surface area contributed by atoms with Crippen LogP contribution in [0.4, 0.5) is 4.79 Å². The fourth-order valence-electron chi connectivity index (χ4n) is 2.98. The Morgan fingerprint density at radius 1 is 1.32 bits per heavy atom. The number of halogens is 1. The van der Waals surface area contributed by atoms with Crippen molar-refractivity contribution in [2.45, 2.75) is 64.6 Å². The van der Waals surface area contributed by atoms with Crippen LogP contribution in [0.5, 0.6) is 0 Å². The molecule has 2 unspecified atom stereocenters. The zero-order valence-corrected chi connectivity index (χ0v) is 16.7. The van der Waals surface area contributed by atoms with Crippen LogP contribution in [0.3, 0.4) is 0 Å². The van der Waals surface area contributed by atoms with Crippen molar-refractivity contribution in [3.05, 3.63) is 28.5 Å². The Balaban J connectivity index is 2.21. The monoisotopic (exact) mass is 412 g/mol. The number of aromatic nitrogens is 1. The molecule has 1 aliphatic rings. The topological polar surface area (TPSA) is 68.7 Å². The number of nitrogens with zero attached hydrogens (tertiary/aromatic N) is 2. The van der Waals surface area contributed by atoms with Gasteiger partial charge in [0.05, 0.1) is 6.61 Å². The maximum Gasteiger partial charge on any atom is 0.411 e. The second-order valence-electron chi connectivity index (χ2n) is 7.10. The molecule has 1 amide bonds. The van der Waals surface area contributed by atoms with Gasteiger partial charge >= 0.3 is 12.1 Å². The van der Waals surface area contributed by atoms with E-state index in [1.54, 1.807) is 24.2 Å². The lowest BCUT2D eigenvalue weighted by atomic mass is 10.1. The van der Waals surface area contributed by atoms with E-state index < -0.39 is 17.7 Å². The highest BCUT2D eigenvalue weighted by molar-refractivity contribution is 9.10. The van der Waals surface area contributed by atoms with Gasteiger partial charge in [-0.25, -0.2) is 9.59 Å². The van der Waals surface area contributed by atoms with Gasteiger partial charge in [0.1, 0.15) is 11.6 Å². The first kappa shape index (κ1) is 19.7. The fraction of sp³-hybridized carbons (Fsp3) is 0.611. The van der Waals surface area contributed by atoms with Crippen LogP contribution in [-0.2, 0) is 20.7 Å². The highest BCUT2D eigenvalue weighted by atomic mass is 79.9. The molecule has 7 heteroatoms. The molecule has 2 heterocycles. The van der Waals surface area contributed by atoms with Crippen LogP contribution in [0.2, 0.25) is 0 Å². The van der Waals surface area contributed by atoms with Crippen LogP contribution in [0.25, 0.3) is 0 Å². The van der Waals surface area contributed by atoms with Crippen molar-refractivity contribution in [3.63, 3.8) is 0 Å². The van der Waals surface area contributed by atoms with Crippen molar-refractivity contribution < 1.29 is 19.1 Å². The number of rotatable bonds is 4. The number of hydrogen-bond acceptors (Lipinski definition) is 5. The highest BCUT2D eigenvalue weighted by Crippen LogP contribution is 2.30. The van der Waals surface area contributed by atoms with E-state index in [2.05, 4.69) is 20.9 Å². The van der Waals surface area contributed by atoms with Crippen molar-refractivity contribution in [2.75, 3.05) is 6.61 Å². The third kappa shape index (κ3) is 5.42. The molecule has 0 bridgehead atoms. The average Bonchev–Trinajstić information content (AvgIpc) is 2.89. The molecule has 2 atom stereocenters. The normalized spacial score (nSPS) is 20.4. The van der Waals surface area contributed by atoms with Gasteiger partial charge in [0.25, 0.3) is 0 Å². The van der Waals surface area contributed by atoms with E-state index in [4.69, 9.17) is 9.47 Å². The molecular weight excluding hydrogens is 388 g/mol. The average molecular weight is 413 g/mol. The molecule has 0 saturated carbocycles. The summed E-state index contributed by atoms with van der Waals surface area (Å²) in [5, 5.41) is 0. The van der Waals surface area contributed by atoms with Crippen LogP contribution < -0.4 is 0 Å². The summed E-state index contributed by atoms with van der Waals surface area (Å²) in [5.74, 6) is -0.372. The minimum atomic E-state index is -0.624. The SMILES string of the molecule is CCOC(=O)C1CCC(Cc2cncc(Br)c2)N1C(=O)OC(C)(C)C. The zero-order chi connectivity index (χ0) is 18.6. The summed E-state index contributed by atoms with van der Waals surface area (Å²) in [7, 11) is 0. The largest absolute Gasteiger partial charge is 0.464 e. The molecule has 0 aliphatic carbocycles. The second kappa shape index (κ2) is 8.17. The molecule has 0 aromatic carbocycles. The van der Waals surface area contributed by atoms with E-state index in [9.17, 15) is 9.59 Å². The van der Waals surface area contributed by atoms with Gasteiger partial charge in [-0.05, 0) is 74.5 Å². The van der Waals surface area contributed by atoms with Crippen LogP contribution in [0.15, 0.2) is 22.9 Å². The molecule has 138 valence electrons. The Bertz CT molecular complexity index is 630. The van der Waals surface area contributed by atoms with Crippen molar-refractivity contribution in [1.29, 1.82) is 0 Å². The Kier molecular flexibility index (Phi) is 6.43. The predicted octanol–water partition coefficient (Wildman–Crippen LogP) is 3.72. The zero-order valence-electron chi connectivity index (χ0n) is 15.1. The number of carbonyl (C=O) groups is 2. The molecule has 1 aromatic heterocycles. The van der Waals surface area contributed by atoms with E-state index in [0.717, 1.165) is 16.5 Å². The molecule has 1 saturated heterocycles. The van der Waals surface area contributed by atoms with Gasteiger partial charge in [-0.1, -0.05) is 0 Å². The van der Waals surface area contributed by atoms with Crippen LogP contribution in [0, 0.1) is 0 Å². The molecular formula is C18H25BrN2O4. The lowest BCUT2D eigenvalue weighted by Gasteiger charge is -2.31. The Morgan fingerprint density at radius 3 is 2.64 bits per heavy atom. The van der Waals surface area contributed by atoms with Crippen molar-refractivity contribution in [1.82, 2.24) is 9.88 Å². The van der Waals surface area contributed by atoms with E-state index in [1.807, 2.05) is 26.8 Å². The van der Waals surface area contributed by atoms with Gasteiger partial charge in [0, 0.05) is 22.9 Å². The summed E-state index contributed by atoms with van der Waals surface area (Å²) >= 11 is 3.41. The molecule has 1 aliphatic heterocycles. The maximum absolute atomic E-state index is 12.7. The summed E-state index contributed by atoms with van der Waals surface area (Å²) in [4.78, 5) is 30.7. The minimum Gasteiger partial charge on any atom is -0.464 e. The number of hydrogen-bond donors (Lipinski definition) is 0. The fourth-order valence-corrected chi connectivity index (χ4v) is 3.40. The first-order chi connectivity index (χ1) is 11.7. The quantitative estimate of drug-likeness (QED) is 0.704. The minimum absolute atomic E-state index is 0.125. The third-order valence-corrected chi connectivity index (χ3v) is 4.33. The van der Waals surface area contributed by atoms with Gasteiger partial charge in [-0.3, -0.25) is 9.88 Å². The Labute approximate surface area is 157 Å². The van der Waals surface area contributed by atoms with Crippen LogP contribution in [-0.4, -0.2) is 46.2 Å². The van der Waals surface area contributed by atoms with E-state index in [-0.39, 0.29) is 18.6 Å². The summed E-state index contributed by atoms with van der Waals surface area (Å²) in [6, 6.07) is 1.25. The molecule has 1 aromatic rings. The lowest BCUT2D eigenvalue weighted by molar-refractivity contribution is -0.148. The molecule has 0 radical (unpaired) electrons. The third-order valence-electron chi connectivity index (χ3n) is 3.90.